The van der Waals surface area contributed by atoms with Crippen LogP contribution < -0.4 is 10.1 Å². The van der Waals surface area contributed by atoms with Crippen LogP contribution in [0.25, 0.3) is 0 Å². The van der Waals surface area contributed by atoms with Crippen molar-refractivity contribution in [2.45, 2.75) is 18.4 Å². The third-order valence-corrected chi connectivity index (χ3v) is 5.01. The number of non-ortho nitro benzene ring substituents is 1. The molecule has 2 aromatic rings. The van der Waals surface area contributed by atoms with Crippen molar-refractivity contribution in [1.29, 1.82) is 0 Å². The monoisotopic (exact) mass is 322 g/mol. The predicted molar refractivity (Wildman–Crippen MR) is 92.4 cm³/mol. The molecule has 5 nitrogen and oxygen atoms in total. The number of rotatable bonds is 3. The van der Waals surface area contributed by atoms with E-state index in [-0.39, 0.29) is 16.7 Å². The quantitative estimate of drug-likeness (QED) is 0.516. The molecule has 1 aliphatic heterocycles. The average Bonchev–Trinajstić information content (AvgIpc) is 3.10. The van der Waals surface area contributed by atoms with Crippen molar-refractivity contribution < 1.29 is 9.66 Å². The molecule has 0 amide bonds. The Balaban J connectivity index is 1.76. The van der Waals surface area contributed by atoms with Crippen molar-refractivity contribution in [3.63, 3.8) is 0 Å². The van der Waals surface area contributed by atoms with Gasteiger partial charge in [0.2, 0.25) is 0 Å². The van der Waals surface area contributed by atoms with Crippen LogP contribution in [0.3, 0.4) is 0 Å². The van der Waals surface area contributed by atoms with Gasteiger partial charge >= 0.3 is 0 Å². The molecule has 5 heteroatoms. The van der Waals surface area contributed by atoms with E-state index < -0.39 is 0 Å². The van der Waals surface area contributed by atoms with Crippen molar-refractivity contribution in [2.75, 3.05) is 12.4 Å². The van der Waals surface area contributed by atoms with Gasteiger partial charge in [-0.25, -0.2) is 0 Å². The lowest BCUT2D eigenvalue weighted by atomic mass is 9.77. The number of hydrogen-bond acceptors (Lipinski definition) is 4. The summed E-state index contributed by atoms with van der Waals surface area (Å²) in [5.74, 6) is 1.51. The number of anilines is 1. The van der Waals surface area contributed by atoms with Gasteiger partial charge in [0.05, 0.1) is 18.1 Å². The van der Waals surface area contributed by atoms with Crippen LogP contribution in [0.4, 0.5) is 11.4 Å². The van der Waals surface area contributed by atoms with Crippen LogP contribution in [-0.4, -0.2) is 12.0 Å². The van der Waals surface area contributed by atoms with E-state index in [4.69, 9.17) is 4.74 Å². The smallest absolute Gasteiger partial charge is 0.269 e. The molecule has 0 bridgehead atoms. The number of fused-ring (bicyclic) bond motifs is 3. The molecule has 0 fully saturated rings. The minimum Gasteiger partial charge on any atom is -0.497 e. The van der Waals surface area contributed by atoms with Crippen LogP contribution in [0.1, 0.15) is 29.5 Å². The van der Waals surface area contributed by atoms with E-state index in [1.165, 1.54) is 11.6 Å². The summed E-state index contributed by atoms with van der Waals surface area (Å²) in [5, 5.41) is 14.7. The van der Waals surface area contributed by atoms with Gasteiger partial charge in [0, 0.05) is 23.7 Å². The molecule has 24 heavy (non-hydrogen) atoms. The van der Waals surface area contributed by atoms with E-state index >= 15 is 0 Å². The number of nitrogens with zero attached hydrogens (tertiary/aromatic N) is 1. The molecule has 0 aromatic heterocycles. The Kier molecular flexibility index (Phi) is 3.49. The summed E-state index contributed by atoms with van der Waals surface area (Å²) < 4.78 is 5.36. The van der Waals surface area contributed by atoms with Gasteiger partial charge in [0.25, 0.3) is 5.69 Å². The number of nitro groups is 1. The fourth-order valence-corrected chi connectivity index (χ4v) is 3.86. The Bertz CT molecular complexity index is 831. The summed E-state index contributed by atoms with van der Waals surface area (Å²) in [7, 11) is 1.67. The summed E-state index contributed by atoms with van der Waals surface area (Å²) in [6.45, 7) is 0. The van der Waals surface area contributed by atoms with E-state index in [0.29, 0.717) is 11.8 Å². The van der Waals surface area contributed by atoms with Gasteiger partial charge in [-0.2, -0.15) is 0 Å². The molecule has 0 saturated carbocycles. The lowest BCUT2D eigenvalue weighted by molar-refractivity contribution is -0.384. The summed E-state index contributed by atoms with van der Waals surface area (Å²) in [5.41, 5.74) is 3.40. The van der Waals surface area contributed by atoms with Crippen LogP contribution in [0.2, 0.25) is 0 Å². The van der Waals surface area contributed by atoms with Crippen LogP contribution in [-0.2, 0) is 0 Å². The summed E-state index contributed by atoms with van der Waals surface area (Å²) in [6, 6.07) is 13.1. The van der Waals surface area contributed by atoms with Gasteiger partial charge in [-0.05, 0) is 41.7 Å². The van der Waals surface area contributed by atoms with Crippen LogP contribution in [0.5, 0.6) is 5.75 Å². The molecule has 0 saturated heterocycles. The highest BCUT2D eigenvalue weighted by Gasteiger charge is 2.38. The minimum absolute atomic E-state index is 0.0609. The standard InChI is InChI=1S/C19H18N2O3/c1-24-14-8-9-18-17(11-14)15-6-3-7-16(15)19(20-18)12-4-2-5-13(10-12)21(22)23/h2-6,8-11,15-16,19-20H,7H2,1H3/t15-,16-,19-/m0/s1. The predicted octanol–water partition coefficient (Wildman–Crippen LogP) is 4.43. The molecule has 0 unspecified atom stereocenters. The molecule has 4 rings (SSSR count). The first-order valence-corrected chi connectivity index (χ1v) is 8.03. The van der Waals surface area contributed by atoms with Gasteiger partial charge in [0.1, 0.15) is 5.75 Å². The molecule has 3 atom stereocenters. The van der Waals surface area contributed by atoms with Crippen molar-refractivity contribution in [3.05, 3.63) is 75.9 Å². The number of nitrogens with one attached hydrogen (secondary N) is 1. The summed E-state index contributed by atoms with van der Waals surface area (Å²) in [6.07, 6.45) is 5.41. The highest BCUT2D eigenvalue weighted by molar-refractivity contribution is 5.62. The number of nitro benzene ring substituents is 1. The molecular weight excluding hydrogens is 304 g/mol. The van der Waals surface area contributed by atoms with Crippen LogP contribution >= 0.6 is 0 Å². The molecule has 1 N–H and O–H groups in total. The van der Waals surface area contributed by atoms with Gasteiger partial charge in [-0.15, -0.1) is 0 Å². The van der Waals surface area contributed by atoms with Crippen molar-refractivity contribution in [3.8, 4) is 5.75 Å². The highest BCUT2D eigenvalue weighted by Crippen LogP contribution is 2.50. The maximum atomic E-state index is 11.1. The molecule has 122 valence electrons. The van der Waals surface area contributed by atoms with Gasteiger partial charge < -0.3 is 10.1 Å². The van der Waals surface area contributed by atoms with Crippen LogP contribution in [0.15, 0.2) is 54.6 Å². The van der Waals surface area contributed by atoms with E-state index in [0.717, 1.165) is 23.4 Å². The van der Waals surface area contributed by atoms with Gasteiger partial charge in [0.15, 0.2) is 0 Å². The third-order valence-electron chi connectivity index (χ3n) is 5.01. The number of ether oxygens (including phenoxy) is 1. The fraction of sp³-hybridized carbons (Fsp3) is 0.263. The highest BCUT2D eigenvalue weighted by atomic mass is 16.6. The Labute approximate surface area is 140 Å². The van der Waals surface area contributed by atoms with E-state index in [1.54, 1.807) is 19.2 Å². The molecular formula is C19H18N2O3. The first kappa shape index (κ1) is 14.8. The van der Waals surface area contributed by atoms with Crippen molar-refractivity contribution in [1.82, 2.24) is 0 Å². The number of hydrogen-bond donors (Lipinski definition) is 1. The van der Waals surface area contributed by atoms with E-state index in [2.05, 4.69) is 23.5 Å². The average molecular weight is 322 g/mol. The molecule has 1 aliphatic carbocycles. The summed E-state index contributed by atoms with van der Waals surface area (Å²) in [4.78, 5) is 10.8. The molecule has 1 heterocycles. The molecule has 0 radical (unpaired) electrons. The first-order chi connectivity index (χ1) is 11.7. The van der Waals surface area contributed by atoms with E-state index in [1.807, 2.05) is 18.2 Å². The second kappa shape index (κ2) is 5.67. The van der Waals surface area contributed by atoms with Gasteiger partial charge in [-0.1, -0.05) is 24.3 Å². The first-order valence-electron chi connectivity index (χ1n) is 8.03. The Hall–Kier alpha value is -2.82. The Morgan fingerprint density at radius 2 is 2.12 bits per heavy atom. The number of benzene rings is 2. The maximum absolute atomic E-state index is 11.1. The second-order valence-corrected chi connectivity index (χ2v) is 6.28. The Morgan fingerprint density at radius 3 is 2.92 bits per heavy atom. The normalized spacial score (nSPS) is 24.0. The number of allylic oxidation sites excluding steroid dienone is 2. The zero-order valence-electron chi connectivity index (χ0n) is 13.3. The number of methoxy groups -OCH3 is 1. The van der Waals surface area contributed by atoms with Crippen LogP contribution in [0, 0.1) is 16.0 Å². The second-order valence-electron chi connectivity index (χ2n) is 6.28. The molecule has 2 aliphatic rings. The Morgan fingerprint density at radius 1 is 1.25 bits per heavy atom. The van der Waals surface area contributed by atoms with E-state index in [9.17, 15) is 10.1 Å². The van der Waals surface area contributed by atoms with Crippen molar-refractivity contribution in [2.24, 2.45) is 5.92 Å². The SMILES string of the molecule is COc1ccc2c(c1)[C@H]1C=CC[C@@H]1[C@H](c1cccc([N+](=O)[O-])c1)N2. The topological polar surface area (TPSA) is 64.4 Å². The lowest BCUT2D eigenvalue weighted by Gasteiger charge is -2.37. The lowest BCUT2D eigenvalue weighted by Crippen LogP contribution is -2.29. The maximum Gasteiger partial charge on any atom is 0.269 e. The van der Waals surface area contributed by atoms with Gasteiger partial charge in [-0.3, -0.25) is 10.1 Å². The zero-order valence-corrected chi connectivity index (χ0v) is 13.3. The molecule has 2 aromatic carbocycles. The zero-order chi connectivity index (χ0) is 16.7. The minimum atomic E-state index is -0.338. The summed E-state index contributed by atoms with van der Waals surface area (Å²) >= 11 is 0. The molecule has 0 spiro atoms. The third kappa shape index (κ3) is 2.33. The largest absolute Gasteiger partial charge is 0.497 e. The fourth-order valence-electron chi connectivity index (χ4n) is 3.86. The van der Waals surface area contributed by atoms with Crippen molar-refractivity contribution >= 4 is 11.4 Å².